The number of rotatable bonds is 1. The van der Waals surface area contributed by atoms with Gasteiger partial charge in [-0.05, 0) is 11.4 Å². The van der Waals surface area contributed by atoms with Gasteiger partial charge in [0.1, 0.15) is 12.1 Å². The average molecular weight is 219 g/mol. The van der Waals surface area contributed by atoms with Gasteiger partial charge in [-0.2, -0.15) is 0 Å². The summed E-state index contributed by atoms with van der Waals surface area (Å²) in [5.74, 6) is 1.07. The summed E-state index contributed by atoms with van der Waals surface area (Å²) in [6, 6.07) is 2.04. The molecule has 0 saturated carbocycles. The molecule has 2 aromatic rings. The molecule has 3 rings (SSSR count). The van der Waals surface area contributed by atoms with Crippen LogP contribution in [0.25, 0.3) is 10.2 Å². The molecule has 2 aromatic heterocycles. The zero-order chi connectivity index (χ0) is 10.1. The molecule has 4 nitrogen and oxygen atoms in total. The second-order valence-corrected chi connectivity index (χ2v) is 4.41. The SMILES string of the molecule is c1nc(N2CC[N]CC2)c2sccc2n1. The Hall–Kier alpha value is -1.20. The maximum atomic E-state index is 4.39. The summed E-state index contributed by atoms with van der Waals surface area (Å²) in [4.78, 5) is 10.9. The third-order valence-corrected chi connectivity index (χ3v) is 3.48. The molecule has 0 N–H and O–H groups in total. The average Bonchev–Trinajstić information content (AvgIpc) is 2.78. The van der Waals surface area contributed by atoms with Crippen molar-refractivity contribution >= 4 is 27.4 Å². The van der Waals surface area contributed by atoms with E-state index in [1.54, 1.807) is 17.7 Å². The molecule has 1 saturated heterocycles. The van der Waals surface area contributed by atoms with E-state index >= 15 is 0 Å². The van der Waals surface area contributed by atoms with Crippen LogP contribution in [0, 0.1) is 0 Å². The van der Waals surface area contributed by atoms with E-state index in [4.69, 9.17) is 0 Å². The molecule has 0 aliphatic carbocycles. The molecule has 1 aliphatic heterocycles. The van der Waals surface area contributed by atoms with Crippen LogP contribution >= 0.6 is 11.3 Å². The molecule has 1 radical (unpaired) electrons. The number of hydrogen-bond donors (Lipinski definition) is 0. The third kappa shape index (κ3) is 1.57. The smallest absolute Gasteiger partial charge is 0.150 e. The van der Waals surface area contributed by atoms with E-state index in [-0.39, 0.29) is 0 Å². The van der Waals surface area contributed by atoms with E-state index < -0.39 is 0 Å². The van der Waals surface area contributed by atoms with E-state index in [0.29, 0.717) is 0 Å². The zero-order valence-corrected chi connectivity index (χ0v) is 9.07. The Bertz CT molecular complexity index is 461. The second kappa shape index (κ2) is 3.75. The number of thiophene rings is 1. The Morgan fingerprint density at radius 1 is 1.20 bits per heavy atom. The van der Waals surface area contributed by atoms with Crippen LogP contribution in [-0.2, 0) is 0 Å². The van der Waals surface area contributed by atoms with Gasteiger partial charge in [0.05, 0.1) is 10.2 Å². The van der Waals surface area contributed by atoms with Crippen LogP contribution in [0.5, 0.6) is 0 Å². The maximum absolute atomic E-state index is 4.39. The first kappa shape index (κ1) is 9.06. The summed E-state index contributed by atoms with van der Waals surface area (Å²) in [6.45, 7) is 3.78. The fourth-order valence-corrected chi connectivity index (χ4v) is 2.68. The molecule has 0 atom stereocenters. The van der Waals surface area contributed by atoms with Crippen LogP contribution in [0.3, 0.4) is 0 Å². The van der Waals surface area contributed by atoms with Crippen LogP contribution < -0.4 is 10.2 Å². The van der Waals surface area contributed by atoms with E-state index in [9.17, 15) is 0 Å². The minimum atomic E-state index is 0.914. The number of fused-ring (bicyclic) bond motifs is 1. The van der Waals surface area contributed by atoms with Gasteiger partial charge in [-0.15, -0.1) is 11.3 Å². The highest BCUT2D eigenvalue weighted by molar-refractivity contribution is 7.17. The predicted octanol–water partition coefficient (Wildman–Crippen LogP) is 1.12. The Balaban J connectivity index is 2.05. The van der Waals surface area contributed by atoms with Gasteiger partial charge in [0, 0.05) is 26.2 Å². The fourth-order valence-electron chi connectivity index (χ4n) is 1.82. The highest BCUT2D eigenvalue weighted by Crippen LogP contribution is 2.27. The van der Waals surface area contributed by atoms with Gasteiger partial charge >= 0.3 is 0 Å². The van der Waals surface area contributed by atoms with Gasteiger partial charge in [-0.25, -0.2) is 15.3 Å². The van der Waals surface area contributed by atoms with Crippen molar-refractivity contribution in [3.8, 4) is 0 Å². The lowest BCUT2D eigenvalue weighted by molar-refractivity contribution is 0.576. The third-order valence-electron chi connectivity index (χ3n) is 2.58. The number of aromatic nitrogens is 2. The van der Waals surface area contributed by atoms with E-state index in [0.717, 1.165) is 37.5 Å². The fraction of sp³-hybridized carbons (Fsp3) is 0.400. The Morgan fingerprint density at radius 2 is 2.07 bits per heavy atom. The lowest BCUT2D eigenvalue weighted by Gasteiger charge is -2.27. The molecule has 1 aliphatic rings. The van der Waals surface area contributed by atoms with E-state index in [1.807, 2.05) is 6.07 Å². The molecule has 15 heavy (non-hydrogen) atoms. The quantitative estimate of drug-likeness (QED) is 0.721. The Labute approximate surface area is 92.0 Å². The summed E-state index contributed by atoms with van der Waals surface area (Å²) >= 11 is 1.71. The van der Waals surface area contributed by atoms with Gasteiger partial charge in [-0.3, -0.25) is 0 Å². The zero-order valence-electron chi connectivity index (χ0n) is 8.26. The molecule has 0 spiro atoms. The lowest BCUT2D eigenvalue weighted by atomic mass is 10.3. The van der Waals surface area contributed by atoms with Crippen LogP contribution in [0.2, 0.25) is 0 Å². The Morgan fingerprint density at radius 3 is 2.93 bits per heavy atom. The number of piperazine rings is 1. The first-order valence-corrected chi connectivity index (χ1v) is 5.89. The first-order chi connectivity index (χ1) is 7.45. The van der Waals surface area contributed by atoms with Crippen molar-refractivity contribution in [2.24, 2.45) is 0 Å². The molecule has 1 fully saturated rings. The molecule has 0 amide bonds. The number of nitrogens with zero attached hydrogens (tertiary/aromatic N) is 4. The van der Waals surface area contributed by atoms with Gasteiger partial charge in [0.2, 0.25) is 0 Å². The van der Waals surface area contributed by atoms with Gasteiger partial charge in [-0.1, -0.05) is 0 Å². The van der Waals surface area contributed by atoms with Gasteiger partial charge in [0.15, 0.2) is 0 Å². The highest BCUT2D eigenvalue weighted by atomic mass is 32.1. The molecule has 0 bridgehead atoms. The molecular weight excluding hydrogens is 208 g/mol. The standard InChI is InChI=1S/C10H11N4S/c1-6-15-9-8(1)12-7-13-10(9)14-4-2-11-3-5-14/h1,6-7H,2-5H2. The molecule has 5 heteroatoms. The number of hydrogen-bond acceptors (Lipinski definition) is 4. The molecule has 0 aromatic carbocycles. The summed E-state index contributed by atoms with van der Waals surface area (Å²) in [6.07, 6.45) is 1.65. The molecule has 0 unspecified atom stereocenters. The van der Waals surface area contributed by atoms with E-state index in [2.05, 4.69) is 25.6 Å². The topological polar surface area (TPSA) is 43.1 Å². The second-order valence-electron chi connectivity index (χ2n) is 3.49. The van der Waals surface area contributed by atoms with Crippen molar-refractivity contribution in [2.45, 2.75) is 0 Å². The Kier molecular flexibility index (Phi) is 2.26. The molecule has 77 valence electrons. The minimum Gasteiger partial charge on any atom is -0.353 e. The van der Waals surface area contributed by atoms with Crippen LogP contribution in [0.4, 0.5) is 5.82 Å². The van der Waals surface area contributed by atoms with Gasteiger partial charge < -0.3 is 4.90 Å². The van der Waals surface area contributed by atoms with Crippen molar-refractivity contribution in [1.29, 1.82) is 0 Å². The summed E-state index contributed by atoms with van der Waals surface area (Å²) in [7, 11) is 0. The van der Waals surface area contributed by atoms with Crippen LogP contribution in [0.1, 0.15) is 0 Å². The molecular formula is C10H11N4S. The summed E-state index contributed by atoms with van der Waals surface area (Å²) in [5, 5.41) is 6.41. The van der Waals surface area contributed by atoms with Gasteiger partial charge in [0.25, 0.3) is 0 Å². The summed E-state index contributed by atoms with van der Waals surface area (Å²) < 4.78 is 1.19. The van der Waals surface area contributed by atoms with Crippen molar-refractivity contribution < 1.29 is 0 Å². The van der Waals surface area contributed by atoms with Crippen molar-refractivity contribution in [3.63, 3.8) is 0 Å². The van der Waals surface area contributed by atoms with Crippen molar-refractivity contribution in [2.75, 3.05) is 31.1 Å². The lowest BCUT2D eigenvalue weighted by Crippen LogP contribution is -2.40. The minimum absolute atomic E-state index is 0.914. The first-order valence-electron chi connectivity index (χ1n) is 5.01. The monoisotopic (exact) mass is 219 g/mol. The van der Waals surface area contributed by atoms with E-state index in [1.165, 1.54) is 4.70 Å². The largest absolute Gasteiger partial charge is 0.353 e. The van der Waals surface area contributed by atoms with Crippen LogP contribution in [0.15, 0.2) is 17.8 Å². The highest BCUT2D eigenvalue weighted by Gasteiger charge is 2.15. The van der Waals surface area contributed by atoms with Crippen molar-refractivity contribution in [3.05, 3.63) is 17.8 Å². The normalized spacial score (nSPS) is 17.2. The summed E-state index contributed by atoms with van der Waals surface area (Å²) in [5.41, 5.74) is 1.05. The van der Waals surface area contributed by atoms with Crippen LogP contribution in [-0.4, -0.2) is 36.1 Å². The molecule has 3 heterocycles. The number of anilines is 1. The predicted molar refractivity (Wildman–Crippen MR) is 61.5 cm³/mol. The maximum Gasteiger partial charge on any atom is 0.150 e. The van der Waals surface area contributed by atoms with Crippen molar-refractivity contribution in [1.82, 2.24) is 15.3 Å².